The number of likely N-dealkylation sites (tertiary alicyclic amines) is 2. The lowest BCUT2D eigenvalue weighted by Gasteiger charge is -2.52. The molecule has 4 heterocycles. The van der Waals surface area contributed by atoms with Gasteiger partial charge in [0, 0.05) is 82.0 Å². The van der Waals surface area contributed by atoms with Gasteiger partial charge in [0.05, 0.1) is 0 Å². The maximum absolute atomic E-state index is 13.7. The molecule has 0 bridgehead atoms. The van der Waals surface area contributed by atoms with Crippen LogP contribution in [0.4, 0.5) is 4.79 Å². The zero-order valence-electron chi connectivity index (χ0n) is 27.9. The molecule has 0 N–H and O–H groups in total. The van der Waals surface area contributed by atoms with Crippen LogP contribution in [0.3, 0.4) is 0 Å². The summed E-state index contributed by atoms with van der Waals surface area (Å²) in [4.78, 5) is 38.0. The standard InChI is InChI=1S/C38H54N4O3/c1-4-5-11-33-27-42(26-30-9-7-6-8-10-30)37(44)45-38(33)16-22-40(23-17-38)34-14-20-41(21-15-34)36(43)35-28(2)24-32(25-29(35)3)31-12-18-39-19-13-31/h12-13,18-19,24-25,30,33-34H,4-11,14-17,20-23,26-27H2,1-3H3. The van der Waals surface area contributed by atoms with Gasteiger partial charge in [-0.3, -0.25) is 14.7 Å². The highest BCUT2D eigenvalue weighted by atomic mass is 16.6. The summed E-state index contributed by atoms with van der Waals surface area (Å²) in [6, 6.07) is 8.78. The molecule has 1 saturated carbocycles. The Morgan fingerprint density at radius 3 is 2.24 bits per heavy atom. The average Bonchev–Trinajstić information content (AvgIpc) is 3.06. The molecule has 2 amide bonds. The number of amides is 2. The minimum atomic E-state index is -0.306. The Morgan fingerprint density at radius 2 is 1.60 bits per heavy atom. The quantitative estimate of drug-likeness (QED) is 0.306. The van der Waals surface area contributed by atoms with Crippen molar-refractivity contribution in [1.82, 2.24) is 19.7 Å². The molecule has 4 aliphatic rings. The number of rotatable bonds is 8. The van der Waals surface area contributed by atoms with E-state index in [0.29, 0.717) is 17.9 Å². The van der Waals surface area contributed by atoms with Gasteiger partial charge in [0.1, 0.15) is 5.60 Å². The molecule has 6 rings (SSSR count). The Bertz CT molecular complexity index is 1280. The fourth-order valence-electron chi connectivity index (χ4n) is 8.85. The Labute approximate surface area is 270 Å². The van der Waals surface area contributed by atoms with E-state index in [4.69, 9.17) is 4.74 Å². The summed E-state index contributed by atoms with van der Waals surface area (Å²) in [5, 5.41) is 0. The summed E-state index contributed by atoms with van der Waals surface area (Å²) in [5.41, 5.74) is 4.86. The van der Waals surface area contributed by atoms with E-state index in [1.54, 1.807) is 0 Å². The lowest BCUT2D eigenvalue weighted by atomic mass is 9.75. The van der Waals surface area contributed by atoms with Gasteiger partial charge >= 0.3 is 6.09 Å². The molecule has 7 heteroatoms. The van der Waals surface area contributed by atoms with E-state index in [0.717, 1.165) is 99.2 Å². The van der Waals surface area contributed by atoms with Gasteiger partial charge in [-0.2, -0.15) is 0 Å². The summed E-state index contributed by atoms with van der Waals surface area (Å²) in [7, 11) is 0. The van der Waals surface area contributed by atoms with E-state index < -0.39 is 0 Å². The maximum Gasteiger partial charge on any atom is 0.410 e. The predicted molar refractivity (Wildman–Crippen MR) is 179 cm³/mol. The van der Waals surface area contributed by atoms with Gasteiger partial charge in [0.15, 0.2) is 0 Å². The molecule has 3 aliphatic heterocycles. The number of pyridine rings is 1. The van der Waals surface area contributed by atoms with E-state index in [-0.39, 0.29) is 17.6 Å². The molecule has 2 aromatic rings. The van der Waals surface area contributed by atoms with Crippen LogP contribution in [0.2, 0.25) is 0 Å². The third kappa shape index (κ3) is 7.08. The fraction of sp³-hybridized carbons (Fsp3) is 0.658. The highest BCUT2D eigenvalue weighted by molar-refractivity contribution is 5.98. The summed E-state index contributed by atoms with van der Waals surface area (Å²) in [6.45, 7) is 11.7. The molecule has 1 aromatic heterocycles. The van der Waals surface area contributed by atoms with Crippen molar-refractivity contribution in [3.05, 3.63) is 53.3 Å². The summed E-state index contributed by atoms with van der Waals surface area (Å²) >= 11 is 0. The first kappa shape index (κ1) is 32.0. The number of piperidine rings is 2. The second-order valence-electron chi connectivity index (χ2n) is 14.5. The fourth-order valence-corrected chi connectivity index (χ4v) is 8.85. The molecule has 4 fully saturated rings. The Kier molecular flexibility index (Phi) is 10.1. The number of hydrogen-bond donors (Lipinski definition) is 0. The van der Waals surface area contributed by atoms with Crippen molar-refractivity contribution >= 4 is 12.0 Å². The van der Waals surface area contributed by atoms with Crippen molar-refractivity contribution in [3.63, 3.8) is 0 Å². The molecule has 1 spiro atoms. The monoisotopic (exact) mass is 614 g/mol. The molecule has 1 aromatic carbocycles. The molecule has 45 heavy (non-hydrogen) atoms. The van der Waals surface area contributed by atoms with Gasteiger partial charge in [-0.05, 0) is 86.3 Å². The molecule has 0 radical (unpaired) electrons. The summed E-state index contributed by atoms with van der Waals surface area (Å²) in [5.74, 6) is 1.23. The molecule has 7 nitrogen and oxygen atoms in total. The first-order chi connectivity index (χ1) is 21.9. The van der Waals surface area contributed by atoms with E-state index in [2.05, 4.69) is 52.6 Å². The second kappa shape index (κ2) is 14.2. The number of ether oxygens (including phenoxy) is 1. The van der Waals surface area contributed by atoms with Crippen LogP contribution < -0.4 is 0 Å². The number of benzene rings is 1. The molecule has 1 atom stereocenters. The van der Waals surface area contributed by atoms with Crippen LogP contribution in [-0.4, -0.2) is 82.6 Å². The highest BCUT2D eigenvalue weighted by Crippen LogP contribution is 2.42. The third-order valence-electron chi connectivity index (χ3n) is 11.5. The molecule has 3 saturated heterocycles. The molecule has 1 aliphatic carbocycles. The van der Waals surface area contributed by atoms with Crippen LogP contribution >= 0.6 is 0 Å². The largest absolute Gasteiger partial charge is 0.442 e. The van der Waals surface area contributed by atoms with Crippen molar-refractivity contribution in [2.45, 2.75) is 109 Å². The van der Waals surface area contributed by atoms with E-state index in [1.165, 1.54) is 44.9 Å². The van der Waals surface area contributed by atoms with Gasteiger partial charge in [-0.1, -0.05) is 51.2 Å². The van der Waals surface area contributed by atoms with Crippen molar-refractivity contribution in [3.8, 4) is 11.1 Å². The van der Waals surface area contributed by atoms with Crippen LogP contribution in [-0.2, 0) is 4.74 Å². The average molecular weight is 615 g/mol. The predicted octanol–water partition coefficient (Wildman–Crippen LogP) is 7.64. The normalized spacial score (nSPS) is 23.4. The van der Waals surface area contributed by atoms with Crippen molar-refractivity contribution < 1.29 is 14.3 Å². The topological polar surface area (TPSA) is 66.0 Å². The number of aromatic nitrogens is 1. The van der Waals surface area contributed by atoms with Crippen LogP contribution in [0.15, 0.2) is 36.7 Å². The van der Waals surface area contributed by atoms with Crippen molar-refractivity contribution in [2.24, 2.45) is 11.8 Å². The van der Waals surface area contributed by atoms with Gasteiger partial charge in [-0.25, -0.2) is 4.79 Å². The lowest BCUT2D eigenvalue weighted by molar-refractivity contribution is -0.127. The Balaban J connectivity index is 1.04. The van der Waals surface area contributed by atoms with E-state index >= 15 is 0 Å². The van der Waals surface area contributed by atoms with Gasteiger partial charge in [0.2, 0.25) is 0 Å². The first-order valence-electron chi connectivity index (χ1n) is 17.9. The number of unbranched alkanes of at least 4 members (excludes halogenated alkanes) is 1. The molecule has 244 valence electrons. The zero-order chi connectivity index (χ0) is 31.4. The van der Waals surface area contributed by atoms with Crippen LogP contribution in [0, 0.1) is 25.7 Å². The Hall–Kier alpha value is -2.93. The van der Waals surface area contributed by atoms with Gasteiger partial charge < -0.3 is 14.5 Å². The lowest BCUT2D eigenvalue weighted by Crippen LogP contribution is -2.61. The van der Waals surface area contributed by atoms with E-state index in [9.17, 15) is 9.59 Å². The highest BCUT2D eigenvalue weighted by Gasteiger charge is 2.50. The number of carbonyl (C=O) groups excluding carboxylic acids is 2. The number of carbonyl (C=O) groups is 2. The minimum Gasteiger partial charge on any atom is -0.442 e. The van der Waals surface area contributed by atoms with Crippen LogP contribution in [0.1, 0.15) is 105 Å². The van der Waals surface area contributed by atoms with Crippen molar-refractivity contribution in [1.29, 1.82) is 0 Å². The van der Waals surface area contributed by atoms with Gasteiger partial charge in [-0.15, -0.1) is 0 Å². The molecule has 1 unspecified atom stereocenters. The Morgan fingerprint density at radius 1 is 0.933 bits per heavy atom. The van der Waals surface area contributed by atoms with Crippen molar-refractivity contribution in [2.75, 3.05) is 39.3 Å². The van der Waals surface area contributed by atoms with Crippen LogP contribution in [0.5, 0.6) is 0 Å². The van der Waals surface area contributed by atoms with Crippen LogP contribution in [0.25, 0.3) is 11.1 Å². The molecular weight excluding hydrogens is 560 g/mol. The second-order valence-corrected chi connectivity index (χ2v) is 14.5. The zero-order valence-corrected chi connectivity index (χ0v) is 27.9. The number of aryl methyl sites for hydroxylation is 2. The SMILES string of the molecule is CCCCC1CN(CC2CCCCC2)C(=O)OC12CCN(C1CCN(C(=O)c3c(C)cc(-c4ccncc4)cc3C)CC1)CC2. The maximum atomic E-state index is 13.7. The smallest absolute Gasteiger partial charge is 0.410 e. The molecular formula is C38H54N4O3. The van der Waals surface area contributed by atoms with Gasteiger partial charge in [0.25, 0.3) is 5.91 Å². The third-order valence-corrected chi connectivity index (χ3v) is 11.5. The summed E-state index contributed by atoms with van der Waals surface area (Å²) in [6.07, 6.45) is 17.4. The first-order valence-corrected chi connectivity index (χ1v) is 17.9. The number of nitrogens with zero attached hydrogens (tertiary/aromatic N) is 4. The number of hydrogen-bond acceptors (Lipinski definition) is 5. The summed E-state index contributed by atoms with van der Waals surface area (Å²) < 4.78 is 6.48. The minimum absolute atomic E-state index is 0.0620. The van der Waals surface area contributed by atoms with E-state index in [1.807, 2.05) is 24.5 Å².